The number of benzene rings is 1. The van der Waals surface area contributed by atoms with E-state index in [1.807, 2.05) is 19.1 Å². The van der Waals surface area contributed by atoms with Crippen LogP contribution in [0.5, 0.6) is 5.75 Å². The lowest BCUT2D eigenvalue weighted by Gasteiger charge is -2.39. The van der Waals surface area contributed by atoms with Crippen LogP contribution in [0.4, 0.5) is 0 Å². The van der Waals surface area contributed by atoms with Crippen LogP contribution < -0.4 is 4.74 Å². The van der Waals surface area contributed by atoms with Crippen LogP contribution in [0.25, 0.3) is 0 Å². The average Bonchev–Trinajstić information content (AvgIpc) is 2.75. The van der Waals surface area contributed by atoms with Gasteiger partial charge in [-0.25, -0.2) is 0 Å². The first-order chi connectivity index (χ1) is 8.76. The second-order valence-corrected chi connectivity index (χ2v) is 4.72. The predicted octanol–water partition coefficient (Wildman–Crippen LogP) is 1.45. The van der Waals surface area contributed by atoms with Gasteiger partial charge in [-0.15, -0.1) is 0 Å². The Labute approximate surface area is 106 Å². The topological polar surface area (TPSA) is 44.8 Å². The smallest absolute Gasteiger partial charge is 0.321 e. The number of ether oxygens (including phenoxy) is 3. The van der Waals surface area contributed by atoms with Crippen molar-refractivity contribution in [1.29, 1.82) is 0 Å². The normalized spacial score (nSPS) is 19.6. The van der Waals surface area contributed by atoms with E-state index < -0.39 is 5.41 Å². The third kappa shape index (κ3) is 1.60. The molecule has 0 spiro atoms. The van der Waals surface area contributed by atoms with Crippen molar-refractivity contribution in [1.82, 2.24) is 0 Å². The Balaban J connectivity index is 1.94. The maximum absolute atomic E-state index is 12.1. The summed E-state index contributed by atoms with van der Waals surface area (Å²) in [5.74, 6) is 0.744. The van der Waals surface area contributed by atoms with E-state index in [-0.39, 0.29) is 5.97 Å². The van der Waals surface area contributed by atoms with Crippen LogP contribution in [0.1, 0.15) is 18.1 Å². The first-order valence-electron chi connectivity index (χ1n) is 6.27. The minimum atomic E-state index is -0.604. The van der Waals surface area contributed by atoms with Gasteiger partial charge in [0, 0.05) is 6.42 Å². The summed E-state index contributed by atoms with van der Waals surface area (Å²) in [5, 5.41) is 0. The largest absolute Gasteiger partial charge is 0.493 e. The van der Waals surface area contributed by atoms with Gasteiger partial charge >= 0.3 is 5.97 Å². The van der Waals surface area contributed by atoms with E-state index in [0.717, 1.165) is 24.3 Å². The zero-order valence-electron chi connectivity index (χ0n) is 10.4. The molecular weight excluding hydrogens is 232 g/mol. The minimum absolute atomic E-state index is 0.185. The van der Waals surface area contributed by atoms with Crippen LogP contribution in [-0.4, -0.2) is 32.4 Å². The number of carbonyl (C=O) groups excluding carboxylic acids is 1. The molecule has 0 aromatic heterocycles. The number of hydrogen-bond donors (Lipinski definition) is 0. The molecule has 0 atom stereocenters. The summed E-state index contributed by atoms with van der Waals surface area (Å²) in [4.78, 5) is 12.1. The third-order valence-corrected chi connectivity index (χ3v) is 3.61. The monoisotopic (exact) mass is 248 g/mol. The molecule has 1 aromatic rings. The molecule has 0 amide bonds. The molecule has 0 bridgehead atoms. The van der Waals surface area contributed by atoms with Crippen molar-refractivity contribution in [2.24, 2.45) is 0 Å². The lowest BCUT2D eigenvalue weighted by atomic mass is 9.78. The second-order valence-electron chi connectivity index (χ2n) is 4.72. The van der Waals surface area contributed by atoms with E-state index in [0.29, 0.717) is 19.8 Å². The Morgan fingerprint density at radius 3 is 2.94 bits per heavy atom. The quantitative estimate of drug-likeness (QED) is 0.759. The van der Waals surface area contributed by atoms with Crippen LogP contribution in [0, 0.1) is 0 Å². The fourth-order valence-corrected chi connectivity index (χ4v) is 2.46. The van der Waals surface area contributed by atoms with Gasteiger partial charge in [0.15, 0.2) is 0 Å². The summed E-state index contributed by atoms with van der Waals surface area (Å²) in [6.45, 7) is 3.76. The van der Waals surface area contributed by atoms with Gasteiger partial charge in [0.1, 0.15) is 11.2 Å². The Morgan fingerprint density at radius 2 is 2.28 bits per heavy atom. The number of hydrogen-bond acceptors (Lipinski definition) is 4. The lowest BCUT2D eigenvalue weighted by molar-refractivity contribution is -0.169. The van der Waals surface area contributed by atoms with Gasteiger partial charge in [-0.1, -0.05) is 12.1 Å². The lowest BCUT2D eigenvalue weighted by Crippen LogP contribution is -2.53. The molecule has 4 heteroatoms. The van der Waals surface area contributed by atoms with E-state index in [9.17, 15) is 4.79 Å². The SMILES string of the molecule is CCOC(=O)C1(c2ccc3c(c2)CCO3)COC1. The molecule has 0 aliphatic carbocycles. The molecule has 1 fully saturated rings. The molecular formula is C14H16O4. The van der Waals surface area contributed by atoms with E-state index >= 15 is 0 Å². The van der Waals surface area contributed by atoms with Gasteiger partial charge in [-0.05, 0) is 24.1 Å². The molecule has 96 valence electrons. The summed E-state index contributed by atoms with van der Waals surface area (Å²) in [5.41, 5.74) is 1.55. The maximum atomic E-state index is 12.1. The highest BCUT2D eigenvalue weighted by Gasteiger charge is 2.49. The molecule has 1 aromatic carbocycles. The molecule has 0 radical (unpaired) electrons. The number of rotatable bonds is 3. The van der Waals surface area contributed by atoms with E-state index in [1.165, 1.54) is 5.56 Å². The Bertz CT molecular complexity index is 477. The Hall–Kier alpha value is -1.55. The summed E-state index contributed by atoms with van der Waals surface area (Å²) in [6, 6.07) is 5.95. The fourth-order valence-electron chi connectivity index (χ4n) is 2.46. The van der Waals surface area contributed by atoms with Gasteiger partial charge in [0.25, 0.3) is 0 Å². The summed E-state index contributed by atoms with van der Waals surface area (Å²) >= 11 is 0. The Kier molecular flexibility index (Phi) is 2.74. The Morgan fingerprint density at radius 1 is 1.44 bits per heavy atom. The second kappa shape index (κ2) is 4.28. The van der Waals surface area contributed by atoms with Gasteiger partial charge in [0.2, 0.25) is 0 Å². The van der Waals surface area contributed by atoms with Crippen LogP contribution in [0.3, 0.4) is 0 Å². The molecule has 3 rings (SSSR count). The molecule has 18 heavy (non-hydrogen) atoms. The highest BCUT2D eigenvalue weighted by molar-refractivity contribution is 5.85. The zero-order chi connectivity index (χ0) is 12.6. The van der Waals surface area contributed by atoms with Crippen molar-refractivity contribution >= 4 is 5.97 Å². The van der Waals surface area contributed by atoms with Crippen molar-refractivity contribution in [3.8, 4) is 5.75 Å². The van der Waals surface area contributed by atoms with Crippen molar-refractivity contribution < 1.29 is 19.0 Å². The predicted molar refractivity (Wildman–Crippen MR) is 64.8 cm³/mol. The number of carbonyl (C=O) groups is 1. The van der Waals surface area contributed by atoms with Crippen LogP contribution in [0.15, 0.2) is 18.2 Å². The first-order valence-corrected chi connectivity index (χ1v) is 6.27. The van der Waals surface area contributed by atoms with E-state index in [4.69, 9.17) is 14.2 Å². The molecule has 1 saturated heterocycles. The highest BCUT2D eigenvalue weighted by atomic mass is 16.6. The fraction of sp³-hybridized carbons (Fsp3) is 0.500. The summed E-state index contributed by atoms with van der Waals surface area (Å²) < 4.78 is 15.9. The molecule has 0 N–H and O–H groups in total. The first kappa shape index (κ1) is 11.5. The van der Waals surface area contributed by atoms with Gasteiger partial charge in [0.05, 0.1) is 26.4 Å². The van der Waals surface area contributed by atoms with Gasteiger partial charge in [-0.2, -0.15) is 0 Å². The van der Waals surface area contributed by atoms with E-state index in [2.05, 4.69) is 6.07 Å². The molecule has 4 nitrogen and oxygen atoms in total. The van der Waals surface area contributed by atoms with Gasteiger partial charge in [-0.3, -0.25) is 4.79 Å². The summed E-state index contributed by atoms with van der Waals surface area (Å²) in [7, 11) is 0. The van der Waals surface area contributed by atoms with Crippen molar-refractivity contribution in [3.63, 3.8) is 0 Å². The number of fused-ring (bicyclic) bond motifs is 1. The number of esters is 1. The van der Waals surface area contributed by atoms with Crippen molar-refractivity contribution in [2.45, 2.75) is 18.8 Å². The van der Waals surface area contributed by atoms with Crippen LogP contribution in [-0.2, 0) is 26.1 Å². The van der Waals surface area contributed by atoms with E-state index in [1.54, 1.807) is 0 Å². The van der Waals surface area contributed by atoms with Crippen LogP contribution >= 0.6 is 0 Å². The average molecular weight is 248 g/mol. The van der Waals surface area contributed by atoms with Crippen LogP contribution in [0.2, 0.25) is 0 Å². The molecule has 0 unspecified atom stereocenters. The molecule has 0 saturated carbocycles. The molecule has 2 aliphatic heterocycles. The maximum Gasteiger partial charge on any atom is 0.321 e. The minimum Gasteiger partial charge on any atom is -0.493 e. The standard InChI is InChI=1S/C14H16O4/c1-2-17-13(15)14(8-16-9-14)11-3-4-12-10(7-11)5-6-18-12/h3-4,7H,2,5-6,8-9H2,1H3. The molecule has 2 heterocycles. The van der Waals surface area contributed by atoms with Gasteiger partial charge < -0.3 is 14.2 Å². The zero-order valence-corrected chi connectivity index (χ0v) is 10.4. The summed E-state index contributed by atoms with van der Waals surface area (Å²) in [6.07, 6.45) is 0.906. The van der Waals surface area contributed by atoms with Crippen molar-refractivity contribution in [3.05, 3.63) is 29.3 Å². The highest BCUT2D eigenvalue weighted by Crippen LogP contribution is 2.37. The third-order valence-electron chi connectivity index (χ3n) is 3.61. The molecule has 2 aliphatic rings. The van der Waals surface area contributed by atoms with Crippen molar-refractivity contribution in [2.75, 3.05) is 26.4 Å².